The number of nitrogens with zero attached hydrogens (tertiary/aromatic N) is 2. The third-order valence-corrected chi connectivity index (χ3v) is 3.21. The number of piperazine rings is 1. The van der Waals surface area contributed by atoms with Gasteiger partial charge in [-0.05, 0) is 11.8 Å². The van der Waals surface area contributed by atoms with Gasteiger partial charge in [-0.15, -0.1) is 0 Å². The number of carbonyl (C=O) groups is 2. The van der Waals surface area contributed by atoms with Gasteiger partial charge in [-0.25, -0.2) is 0 Å². The summed E-state index contributed by atoms with van der Waals surface area (Å²) in [6, 6.07) is 0. The van der Waals surface area contributed by atoms with Crippen LogP contribution in [0, 0.1) is 5.41 Å². The second kappa shape index (κ2) is 6.18. The van der Waals surface area contributed by atoms with Crippen molar-refractivity contribution in [3.63, 3.8) is 0 Å². The molecule has 0 spiro atoms. The largest absolute Gasteiger partial charge is 0.387 e. The molecule has 104 valence electrons. The number of carbonyl (C=O) groups excluding carboxylic acids is 2. The van der Waals surface area contributed by atoms with Gasteiger partial charge in [-0.1, -0.05) is 20.8 Å². The molecule has 1 rings (SSSR count). The SMILES string of the molecule is CC(C)(C)CCC(=O)N1CCN(C(=O)CO)CC1. The summed E-state index contributed by atoms with van der Waals surface area (Å²) in [6.45, 7) is 8.14. The summed E-state index contributed by atoms with van der Waals surface area (Å²) in [4.78, 5) is 26.7. The third-order valence-electron chi connectivity index (χ3n) is 3.21. The van der Waals surface area contributed by atoms with Gasteiger partial charge in [0.15, 0.2) is 0 Å². The molecule has 1 aliphatic heterocycles. The van der Waals surface area contributed by atoms with Crippen molar-refractivity contribution in [1.82, 2.24) is 9.80 Å². The summed E-state index contributed by atoms with van der Waals surface area (Å²) in [5.41, 5.74) is 0.171. The molecule has 0 aliphatic carbocycles. The van der Waals surface area contributed by atoms with Gasteiger partial charge in [0.1, 0.15) is 6.61 Å². The highest BCUT2D eigenvalue weighted by atomic mass is 16.3. The molecule has 2 amide bonds. The van der Waals surface area contributed by atoms with E-state index < -0.39 is 6.61 Å². The molecule has 0 saturated carbocycles. The van der Waals surface area contributed by atoms with Gasteiger partial charge in [-0.2, -0.15) is 0 Å². The first kappa shape index (κ1) is 15.0. The zero-order valence-corrected chi connectivity index (χ0v) is 11.6. The topological polar surface area (TPSA) is 60.9 Å². The lowest BCUT2D eigenvalue weighted by Crippen LogP contribution is -2.51. The Labute approximate surface area is 109 Å². The van der Waals surface area contributed by atoms with Gasteiger partial charge in [0.25, 0.3) is 0 Å². The molecule has 5 nitrogen and oxygen atoms in total. The maximum Gasteiger partial charge on any atom is 0.248 e. The Balaban J connectivity index is 2.34. The lowest BCUT2D eigenvalue weighted by Gasteiger charge is -2.35. The van der Waals surface area contributed by atoms with Crippen LogP contribution in [0.2, 0.25) is 0 Å². The molecule has 0 aromatic rings. The molecule has 1 aliphatic rings. The van der Waals surface area contributed by atoms with E-state index in [-0.39, 0.29) is 17.2 Å². The summed E-state index contributed by atoms with van der Waals surface area (Å²) < 4.78 is 0. The molecule has 0 unspecified atom stereocenters. The fraction of sp³-hybridized carbons (Fsp3) is 0.846. The molecule has 0 aromatic heterocycles. The van der Waals surface area contributed by atoms with Crippen LogP contribution in [0.4, 0.5) is 0 Å². The van der Waals surface area contributed by atoms with E-state index in [1.54, 1.807) is 4.90 Å². The molecule has 1 fully saturated rings. The van der Waals surface area contributed by atoms with Gasteiger partial charge < -0.3 is 14.9 Å². The van der Waals surface area contributed by atoms with E-state index in [1.807, 2.05) is 4.90 Å². The van der Waals surface area contributed by atoms with Crippen molar-refractivity contribution >= 4 is 11.8 Å². The molecule has 1 heterocycles. The van der Waals surface area contributed by atoms with E-state index in [1.165, 1.54) is 0 Å². The van der Waals surface area contributed by atoms with E-state index >= 15 is 0 Å². The van der Waals surface area contributed by atoms with E-state index in [2.05, 4.69) is 20.8 Å². The van der Waals surface area contributed by atoms with Gasteiger partial charge in [-0.3, -0.25) is 9.59 Å². The van der Waals surface area contributed by atoms with E-state index in [4.69, 9.17) is 5.11 Å². The highest BCUT2D eigenvalue weighted by Crippen LogP contribution is 2.21. The standard InChI is InChI=1S/C13H24N2O3/c1-13(2,3)5-4-11(17)14-6-8-15(9-7-14)12(18)10-16/h16H,4-10H2,1-3H3. The van der Waals surface area contributed by atoms with Crippen molar-refractivity contribution < 1.29 is 14.7 Å². The zero-order valence-electron chi connectivity index (χ0n) is 11.6. The Morgan fingerprint density at radius 3 is 1.83 bits per heavy atom. The van der Waals surface area contributed by atoms with E-state index in [0.29, 0.717) is 32.6 Å². The Bertz CT molecular complexity index is 302. The van der Waals surface area contributed by atoms with Crippen LogP contribution in [0.3, 0.4) is 0 Å². The van der Waals surface area contributed by atoms with Crippen molar-refractivity contribution in [2.45, 2.75) is 33.6 Å². The molecule has 1 saturated heterocycles. The summed E-state index contributed by atoms with van der Waals surface area (Å²) in [6.07, 6.45) is 1.44. The van der Waals surface area contributed by atoms with Crippen molar-refractivity contribution in [2.75, 3.05) is 32.8 Å². The molecular weight excluding hydrogens is 232 g/mol. The first-order chi connectivity index (χ1) is 8.33. The molecule has 0 radical (unpaired) electrons. The van der Waals surface area contributed by atoms with Gasteiger partial charge in [0.05, 0.1) is 0 Å². The van der Waals surface area contributed by atoms with Gasteiger partial charge >= 0.3 is 0 Å². The summed E-state index contributed by atoms with van der Waals surface area (Å²) >= 11 is 0. The normalized spacial score (nSPS) is 16.9. The maximum atomic E-state index is 12.0. The van der Waals surface area contributed by atoms with E-state index in [0.717, 1.165) is 6.42 Å². The average molecular weight is 256 g/mol. The Hall–Kier alpha value is -1.10. The van der Waals surface area contributed by atoms with Crippen LogP contribution in [0.15, 0.2) is 0 Å². The molecule has 0 atom stereocenters. The fourth-order valence-corrected chi connectivity index (χ4v) is 1.95. The average Bonchev–Trinajstić information content (AvgIpc) is 2.34. The zero-order chi connectivity index (χ0) is 13.8. The first-order valence-electron chi connectivity index (χ1n) is 6.50. The lowest BCUT2D eigenvalue weighted by molar-refractivity contribution is -0.141. The number of amides is 2. The summed E-state index contributed by atoms with van der Waals surface area (Å²) in [5, 5.41) is 8.76. The van der Waals surface area contributed by atoms with Gasteiger partial charge in [0, 0.05) is 32.6 Å². The van der Waals surface area contributed by atoms with Crippen molar-refractivity contribution in [3.8, 4) is 0 Å². The van der Waals surface area contributed by atoms with Crippen LogP contribution >= 0.6 is 0 Å². The Kier molecular flexibility index (Phi) is 5.14. The smallest absolute Gasteiger partial charge is 0.248 e. The first-order valence-corrected chi connectivity index (χ1v) is 6.50. The fourth-order valence-electron chi connectivity index (χ4n) is 1.95. The highest BCUT2D eigenvalue weighted by molar-refractivity contribution is 5.79. The summed E-state index contributed by atoms with van der Waals surface area (Å²) in [5.74, 6) is -0.0854. The van der Waals surface area contributed by atoms with Crippen molar-refractivity contribution in [2.24, 2.45) is 5.41 Å². The lowest BCUT2D eigenvalue weighted by atomic mass is 9.90. The molecule has 5 heteroatoms. The second-order valence-corrected chi connectivity index (χ2v) is 5.98. The number of hydrogen-bond donors (Lipinski definition) is 1. The van der Waals surface area contributed by atoms with Crippen LogP contribution < -0.4 is 0 Å². The van der Waals surface area contributed by atoms with Crippen LogP contribution in [0.1, 0.15) is 33.6 Å². The number of aliphatic hydroxyl groups excluding tert-OH is 1. The highest BCUT2D eigenvalue weighted by Gasteiger charge is 2.24. The Morgan fingerprint density at radius 2 is 1.44 bits per heavy atom. The van der Waals surface area contributed by atoms with Crippen LogP contribution in [0.5, 0.6) is 0 Å². The monoisotopic (exact) mass is 256 g/mol. The Morgan fingerprint density at radius 1 is 1.00 bits per heavy atom. The molecule has 0 bridgehead atoms. The van der Waals surface area contributed by atoms with Crippen LogP contribution in [-0.4, -0.2) is 59.5 Å². The minimum Gasteiger partial charge on any atom is -0.387 e. The van der Waals surface area contributed by atoms with Crippen LogP contribution in [-0.2, 0) is 9.59 Å². The third kappa shape index (κ3) is 4.64. The van der Waals surface area contributed by atoms with Crippen LogP contribution in [0.25, 0.3) is 0 Å². The predicted molar refractivity (Wildman–Crippen MR) is 68.9 cm³/mol. The number of hydrogen-bond acceptors (Lipinski definition) is 3. The molecule has 1 N–H and O–H groups in total. The summed E-state index contributed by atoms with van der Waals surface area (Å²) in [7, 11) is 0. The van der Waals surface area contributed by atoms with Gasteiger partial charge in [0.2, 0.25) is 11.8 Å². The number of aliphatic hydroxyl groups is 1. The van der Waals surface area contributed by atoms with Crippen molar-refractivity contribution in [1.29, 1.82) is 0 Å². The predicted octanol–water partition coefficient (Wildman–Crippen LogP) is 0.476. The maximum absolute atomic E-state index is 12.0. The quantitative estimate of drug-likeness (QED) is 0.799. The molecule has 0 aromatic carbocycles. The molecular formula is C13H24N2O3. The number of rotatable bonds is 3. The minimum absolute atomic E-state index is 0.168. The molecule has 18 heavy (non-hydrogen) atoms. The minimum atomic E-state index is -0.446. The van der Waals surface area contributed by atoms with E-state index in [9.17, 15) is 9.59 Å². The second-order valence-electron chi connectivity index (χ2n) is 5.98. The van der Waals surface area contributed by atoms with Crippen molar-refractivity contribution in [3.05, 3.63) is 0 Å².